The number of hydrogen-bond donors (Lipinski definition) is 0. The zero-order valence-corrected chi connectivity index (χ0v) is 14.9. The van der Waals surface area contributed by atoms with E-state index in [2.05, 4.69) is 0 Å². The molecule has 1 aromatic carbocycles. The highest BCUT2D eigenvalue weighted by molar-refractivity contribution is 7.92. The molecule has 0 amide bonds. The minimum Gasteiger partial charge on any atom is -0.464 e. The quantitative estimate of drug-likeness (QED) is 0.764. The number of hydrogen-bond acceptors (Lipinski definition) is 6. The first-order chi connectivity index (χ1) is 11.0. The molecule has 1 aliphatic rings. The molecular formula is C16H21NO6S. The van der Waals surface area contributed by atoms with Gasteiger partial charge in [0.2, 0.25) is 10.0 Å². The van der Waals surface area contributed by atoms with Crippen LogP contribution in [0, 0.1) is 0 Å². The molecule has 24 heavy (non-hydrogen) atoms. The van der Waals surface area contributed by atoms with E-state index in [1.807, 2.05) is 0 Å². The lowest BCUT2D eigenvalue weighted by molar-refractivity contribution is -0.138. The van der Waals surface area contributed by atoms with E-state index in [4.69, 9.17) is 9.47 Å². The molecule has 132 valence electrons. The average Bonchev–Trinajstić information content (AvgIpc) is 2.82. The van der Waals surface area contributed by atoms with Gasteiger partial charge in [-0.05, 0) is 45.0 Å². The molecule has 7 nitrogen and oxygen atoms in total. The van der Waals surface area contributed by atoms with Gasteiger partial charge in [0.05, 0.1) is 24.1 Å². The first kappa shape index (κ1) is 18.3. The van der Waals surface area contributed by atoms with Gasteiger partial charge in [-0.2, -0.15) is 0 Å². The molecule has 0 aromatic heterocycles. The van der Waals surface area contributed by atoms with Gasteiger partial charge in [-0.1, -0.05) is 0 Å². The van der Waals surface area contributed by atoms with Crippen LogP contribution in [0.15, 0.2) is 24.3 Å². The van der Waals surface area contributed by atoms with Crippen molar-refractivity contribution in [3.05, 3.63) is 29.8 Å². The lowest BCUT2D eigenvalue weighted by Crippen LogP contribution is -2.42. The Morgan fingerprint density at radius 3 is 2.25 bits per heavy atom. The zero-order valence-electron chi connectivity index (χ0n) is 14.1. The maximum Gasteiger partial charge on any atom is 0.338 e. The first-order valence-corrected chi connectivity index (χ1v) is 9.33. The Balaban J connectivity index is 2.30. The van der Waals surface area contributed by atoms with Gasteiger partial charge in [0.1, 0.15) is 11.6 Å². The molecule has 1 unspecified atom stereocenters. The fourth-order valence-corrected chi connectivity index (χ4v) is 3.54. The Hall–Kier alpha value is -2.09. The van der Waals surface area contributed by atoms with E-state index in [9.17, 15) is 18.0 Å². The maximum atomic E-state index is 12.1. The predicted molar refractivity (Wildman–Crippen MR) is 88.3 cm³/mol. The molecule has 0 bridgehead atoms. The number of esters is 2. The number of nitrogens with zero attached hydrogens (tertiary/aromatic N) is 1. The molecule has 1 heterocycles. The predicted octanol–water partition coefficient (Wildman–Crippen LogP) is 1.72. The largest absolute Gasteiger partial charge is 0.464 e. The second-order valence-corrected chi connectivity index (χ2v) is 8.44. The third-order valence-electron chi connectivity index (χ3n) is 3.30. The molecule has 1 saturated heterocycles. The molecule has 1 aliphatic heterocycles. The van der Waals surface area contributed by atoms with Gasteiger partial charge in [-0.3, -0.25) is 4.31 Å². The third-order valence-corrected chi connectivity index (χ3v) is 4.48. The van der Waals surface area contributed by atoms with Crippen molar-refractivity contribution in [1.29, 1.82) is 0 Å². The van der Waals surface area contributed by atoms with E-state index in [-0.39, 0.29) is 6.61 Å². The molecule has 8 heteroatoms. The van der Waals surface area contributed by atoms with Crippen LogP contribution in [0.4, 0.5) is 5.69 Å². The van der Waals surface area contributed by atoms with Crippen molar-refractivity contribution in [3.8, 4) is 0 Å². The number of carbonyl (C=O) groups is 2. The molecule has 0 aliphatic carbocycles. The lowest BCUT2D eigenvalue weighted by atomic mass is 10.1. The molecule has 1 aromatic rings. The van der Waals surface area contributed by atoms with Crippen LogP contribution < -0.4 is 4.31 Å². The standard InChI is InChI=1S/C16H21NO6S/c1-16(2,3)23-14(18)11-5-7-12(8-6-11)17(24(4,20)21)13-9-10-22-15(13)19/h5-8,13H,9-10H2,1-4H3. The lowest BCUT2D eigenvalue weighted by Gasteiger charge is -2.26. The fraction of sp³-hybridized carbons (Fsp3) is 0.500. The van der Waals surface area contributed by atoms with Crippen LogP contribution in [0.1, 0.15) is 37.6 Å². The molecule has 0 spiro atoms. The van der Waals surface area contributed by atoms with Crippen LogP contribution >= 0.6 is 0 Å². The molecule has 0 saturated carbocycles. The van der Waals surface area contributed by atoms with E-state index in [0.29, 0.717) is 17.7 Å². The summed E-state index contributed by atoms with van der Waals surface area (Å²) in [5, 5.41) is 0. The van der Waals surface area contributed by atoms with Gasteiger partial charge in [0, 0.05) is 6.42 Å². The number of anilines is 1. The van der Waals surface area contributed by atoms with E-state index in [1.54, 1.807) is 20.8 Å². The van der Waals surface area contributed by atoms with Crippen LogP contribution in [0.25, 0.3) is 0 Å². The monoisotopic (exact) mass is 355 g/mol. The summed E-state index contributed by atoms with van der Waals surface area (Å²) in [6.45, 7) is 5.47. The summed E-state index contributed by atoms with van der Waals surface area (Å²) in [6.07, 6.45) is 1.32. The SMILES string of the molecule is CC(C)(C)OC(=O)c1ccc(N(C2CCOC2=O)S(C)(=O)=O)cc1. The van der Waals surface area contributed by atoms with Crippen LogP contribution in [-0.4, -0.2) is 44.9 Å². The highest BCUT2D eigenvalue weighted by Gasteiger charge is 2.37. The number of carbonyl (C=O) groups excluding carboxylic acids is 2. The van der Waals surface area contributed by atoms with Gasteiger partial charge in [-0.25, -0.2) is 18.0 Å². The summed E-state index contributed by atoms with van der Waals surface area (Å²) in [6, 6.07) is 5.02. The smallest absolute Gasteiger partial charge is 0.338 e. The van der Waals surface area contributed by atoms with Crippen molar-refractivity contribution < 1.29 is 27.5 Å². The fourth-order valence-electron chi connectivity index (χ4n) is 2.38. The average molecular weight is 355 g/mol. The van der Waals surface area contributed by atoms with Crippen molar-refractivity contribution in [2.75, 3.05) is 17.2 Å². The van der Waals surface area contributed by atoms with Gasteiger partial charge in [-0.15, -0.1) is 0 Å². The van der Waals surface area contributed by atoms with Crippen molar-refractivity contribution >= 4 is 27.6 Å². The van der Waals surface area contributed by atoms with Crippen molar-refractivity contribution in [1.82, 2.24) is 0 Å². The van der Waals surface area contributed by atoms with Crippen LogP contribution in [0.5, 0.6) is 0 Å². The molecule has 2 rings (SSSR count). The molecule has 1 atom stereocenters. The second-order valence-electron chi connectivity index (χ2n) is 6.58. The number of sulfonamides is 1. The highest BCUT2D eigenvalue weighted by Crippen LogP contribution is 2.26. The number of rotatable bonds is 4. The Morgan fingerprint density at radius 1 is 1.25 bits per heavy atom. The van der Waals surface area contributed by atoms with Crippen molar-refractivity contribution in [2.24, 2.45) is 0 Å². The van der Waals surface area contributed by atoms with Crippen LogP contribution in [-0.2, 0) is 24.3 Å². The van der Waals surface area contributed by atoms with Gasteiger partial charge in [0.25, 0.3) is 0 Å². The Bertz CT molecular complexity index is 733. The summed E-state index contributed by atoms with van der Waals surface area (Å²) >= 11 is 0. The molecular weight excluding hydrogens is 334 g/mol. The zero-order chi connectivity index (χ0) is 18.1. The Kier molecular flexibility index (Phi) is 4.89. The Morgan fingerprint density at radius 2 is 1.83 bits per heavy atom. The summed E-state index contributed by atoms with van der Waals surface area (Å²) in [5.41, 5.74) is -0.0212. The maximum absolute atomic E-state index is 12.1. The number of benzene rings is 1. The Labute approximate surface area is 141 Å². The highest BCUT2D eigenvalue weighted by atomic mass is 32.2. The topological polar surface area (TPSA) is 90.0 Å². The van der Waals surface area contributed by atoms with Crippen LogP contribution in [0.2, 0.25) is 0 Å². The van der Waals surface area contributed by atoms with Crippen LogP contribution in [0.3, 0.4) is 0 Å². The third kappa shape index (κ3) is 4.25. The number of cyclic esters (lactones) is 1. The molecule has 1 fully saturated rings. The molecule has 0 N–H and O–H groups in total. The summed E-state index contributed by atoms with van der Waals surface area (Å²) in [5.74, 6) is -1.07. The van der Waals surface area contributed by atoms with E-state index in [1.165, 1.54) is 24.3 Å². The first-order valence-electron chi connectivity index (χ1n) is 7.48. The van der Waals surface area contributed by atoms with E-state index < -0.39 is 33.6 Å². The second kappa shape index (κ2) is 6.43. The summed E-state index contributed by atoms with van der Waals surface area (Å²) in [4.78, 5) is 23.8. The summed E-state index contributed by atoms with van der Waals surface area (Å²) in [7, 11) is -3.68. The van der Waals surface area contributed by atoms with E-state index >= 15 is 0 Å². The van der Waals surface area contributed by atoms with E-state index in [0.717, 1.165) is 10.6 Å². The minimum absolute atomic E-state index is 0.186. The van der Waals surface area contributed by atoms with Gasteiger partial charge >= 0.3 is 11.9 Å². The minimum atomic E-state index is -3.68. The van der Waals surface area contributed by atoms with Gasteiger partial charge in [0.15, 0.2) is 0 Å². The van der Waals surface area contributed by atoms with Crippen molar-refractivity contribution in [3.63, 3.8) is 0 Å². The summed E-state index contributed by atoms with van der Waals surface area (Å²) < 4.78 is 35.3. The number of ether oxygens (including phenoxy) is 2. The normalized spacial score (nSPS) is 18.2. The molecule has 0 radical (unpaired) electrons. The van der Waals surface area contributed by atoms with Crippen molar-refractivity contribution in [2.45, 2.75) is 38.8 Å². The van der Waals surface area contributed by atoms with Gasteiger partial charge < -0.3 is 9.47 Å².